The highest BCUT2D eigenvalue weighted by molar-refractivity contribution is 5.96. The van der Waals surface area contributed by atoms with Crippen molar-refractivity contribution >= 4 is 28.4 Å². The first-order chi connectivity index (χ1) is 13.5. The molecule has 0 saturated carbocycles. The molecule has 0 spiro atoms. The molecule has 3 aromatic heterocycles. The number of hydrogen-bond acceptors (Lipinski definition) is 6. The molecule has 3 N–H and O–H groups in total. The third kappa shape index (κ3) is 2.32. The standard InChI is InChI=1S/C19H21N7O2/c1-11-9-13(23-16-12-5-7-20-15(12)21-10-22-16)18(28)26-14(11)17(27)24-19(2)6-3-4-8-25(19)26/h5,7,9-10H,3-4,6,8H2,1-2H3,(H,24,27)(H2,20,21,22,23). The number of carbonyl (C=O) groups excluding carboxylic acids is 1. The van der Waals surface area contributed by atoms with Gasteiger partial charge in [-0.05, 0) is 50.8 Å². The summed E-state index contributed by atoms with van der Waals surface area (Å²) in [6.45, 7) is 4.53. The third-order valence-corrected chi connectivity index (χ3v) is 5.67. The number of anilines is 2. The van der Waals surface area contributed by atoms with E-state index in [0.717, 1.165) is 30.2 Å². The molecule has 0 radical (unpaired) electrons. The normalized spacial score (nSPS) is 21.2. The van der Waals surface area contributed by atoms with Gasteiger partial charge in [-0.3, -0.25) is 14.6 Å². The van der Waals surface area contributed by atoms with Crippen LogP contribution in [-0.4, -0.2) is 37.7 Å². The van der Waals surface area contributed by atoms with Crippen LogP contribution in [0, 0.1) is 6.92 Å². The fourth-order valence-corrected chi connectivity index (χ4v) is 4.28. The Hall–Kier alpha value is -3.36. The van der Waals surface area contributed by atoms with Crippen molar-refractivity contribution in [1.29, 1.82) is 0 Å². The Bertz CT molecular complexity index is 1160. The second-order valence-corrected chi connectivity index (χ2v) is 7.60. The molecule has 1 fully saturated rings. The van der Waals surface area contributed by atoms with Crippen LogP contribution >= 0.6 is 0 Å². The summed E-state index contributed by atoms with van der Waals surface area (Å²) in [5.41, 5.74) is 1.38. The van der Waals surface area contributed by atoms with Crippen molar-refractivity contribution in [1.82, 2.24) is 24.9 Å². The lowest BCUT2D eigenvalue weighted by Crippen LogP contribution is -2.71. The molecule has 0 aromatic carbocycles. The largest absolute Gasteiger partial charge is 0.346 e. The molecule has 5 rings (SSSR count). The van der Waals surface area contributed by atoms with Gasteiger partial charge in [-0.2, -0.15) is 0 Å². The Kier molecular flexibility index (Phi) is 3.49. The van der Waals surface area contributed by atoms with E-state index in [-0.39, 0.29) is 11.5 Å². The Labute approximate surface area is 160 Å². The summed E-state index contributed by atoms with van der Waals surface area (Å²) in [5, 5.41) is 9.02. The predicted molar refractivity (Wildman–Crippen MR) is 105 cm³/mol. The number of fused-ring (bicyclic) bond motifs is 4. The first-order valence-electron chi connectivity index (χ1n) is 9.40. The molecule has 144 valence electrons. The zero-order chi connectivity index (χ0) is 19.5. The van der Waals surface area contributed by atoms with Crippen LogP contribution in [0.1, 0.15) is 42.2 Å². The number of piperidine rings is 1. The van der Waals surface area contributed by atoms with Crippen LogP contribution in [0.2, 0.25) is 0 Å². The third-order valence-electron chi connectivity index (χ3n) is 5.67. The molecular formula is C19H21N7O2. The smallest absolute Gasteiger partial charge is 0.293 e. The van der Waals surface area contributed by atoms with Crippen molar-refractivity contribution in [3.05, 3.63) is 46.3 Å². The Balaban J connectivity index is 1.67. The van der Waals surface area contributed by atoms with Crippen LogP contribution < -0.4 is 21.2 Å². The van der Waals surface area contributed by atoms with Gasteiger partial charge in [-0.1, -0.05) is 0 Å². The van der Waals surface area contributed by atoms with Crippen molar-refractivity contribution in [2.24, 2.45) is 0 Å². The maximum atomic E-state index is 13.4. The zero-order valence-corrected chi connectivity index (χ0v) is 15.7. The highest BCUT2D eigenvalue weighted by Crippen LogP contribution is 2.30. The fourth-order valence-electron chi connectivity index (χ4n) is 4.28. The molecule has 5 heterocycles. The summed E-state index contributed by atoms with van der Waals surface area (Å²) in [5.74, 6) is 0.335. The molecule has 1 unspecified atom stereocenters. The highest BCUT2D eigenvalue weighted by atomic mass is 16.2. The number of aromatic nitrogens is 4. The van der Waals surface area contributed by atoms with Crippen LogP contribution in [0.25, 0.3) is 11.0 Å². The van der Waals surface area contributed by atoms with E-state index in [1.165, 1.54) is 6.33 Å². The van der Waals surface area contributed by atoms with Crippen molar-refractivity contribution in [3.8, 4) is 0 Å². The van der Waals surface area contributed by atoms with Gasteiger partial charge in [-0.25, -0.2) is 14.6 Å². The molecule has 2 aliphatic heterocycles. The molecular weight excluding hydrogens is 358 g/mol. The Morgan fingerprint density at radius 1 is 1.25 bits per heavy atom. The van der Waals surface area contributed by atoms with Gasteiger partial charge in [0.1, 0.15) is 34.8 Å². The second kappa shape index (κ2) is 5.82. The van der Waals surface area contributed by atoms with Crippen molar-refractivity contribution in [2.45, 2.75) is 38.8 Å². The monoisotopic (exact) mass is 379 g/mol. The zero-order valence-electron chi connectivity index (χ0n) is 15.7. The summed E-state index contributed by atoms with van der Waals surface area (Å²) >= 11 is 0. The van der Waals surface area contributed by atoms with Crippen LogP contribution in [0.15, 0.2) is 29.5 Å². The van der Waals surface area contributed by atoms with Gasteiger partial charge < -0.3 is 15.6 Å². The molecule has 0 aliphatic carbocycles. The van der Waals surface area contributed by atoms with Crippen LogP contribution in [0.5, 0.6) is 0 Å². The van der Waals surface area contributed by atoms with Gasteiger partial charge in [0.2, 0.25) is 0 Å². The number of carbonyl (C=O) groups is 1. The lowest BCUT2D eigenvalue weighted by atomic mass is 9.96. The molecule has 9 heteroatoms. The van der Waals surface area contributed by atoms with E-state index in [2.05, 4.69) is 25.6 Å². The van der Waals surface area contributed by atoms with Crippen molar-refractivity contribution in [2.75, 3.05) is 16.9 Å². The number of nitrogens with zero attached hydrogens (tertiary/aromatic N) is 4. The predicted octanol–water partition coefficient (Wildman–Crippen LogP) is 1.75. The Morgan fingerprint density at radius 3 is 2.96 bits per heavy atom. The van der Waals surface area contributed by atoms with Crippen LogP contribution in [-0.2, 0) is 0 Å². The molecule has 1 atom stereocenters. The van der Waals surface area contributed by atoms with Crippen molar-refractivity contribution < 1.29 is 4.79 Å². The highest BCUT2D eigenvalue weighted by Gasteiger charge is 2.43. The van der Waals surface area contributed by atoms with Crippen LogP contribution in [0.3, 0.4) is 0 Å². The van der Waals surface area contributed by atoms with E-state index >= 15 is 0 Å². The minimum atomic E-state index is -0.556. The van der Waals surface area contributed by atoms with E-state index in [1.54, 1.807) is 16.9 Å². The number of pyridine rings is 1. The van der Waals surface area contributed by atoms with Gasteiger partial charge in [-0.15, -0.1) is 0 Å². The second-order valence-electron chi connectivity index (χ2n) is 7.60. The summed E-state index contributed by atoms with van der Waals surface area (Å²) in [7, 11) is 0. The Morgan fingerprint density at radius 2 is 2.11 bits per heavy atom. The average molecular weight is 379 g/mol. The lowest BCUT2D eigenvalue weighted by Gasteiger charge is -2.50. The van der Waals surface area contributed by atoms with E-state index < -0.39 is 5.66 Å². The minimum absolute atomic E-state index is 0.211. The maximum absolute atomic E-state index is 13.4. The molecule has 1 saturated heterocycles. The number of H-pyrrole nitrogens is 1. The molecule has 0 bridgehead atoms. The minimum Gasteiger partial charge on any atom is -0.346 e. The van der Waals surface area contributed by atoms with Gasteiger partial charge in [0, 0.05) is 12.7 Å². The summed E-state index contributed by atoms with van der Waals surface area (Å²) < 4.78 is 1.55. The molecule has 3 aromatic rings. The summed E-state index contributed by atoms with van der Waals surface area (Å²) in [6.07, 6.45) is 6.01. The first-order valence-corrected chi connectivity index (χ1v) is 9.40. The quantitative estimate of drug-likeness (QED) is 0.626. The number of aromatic amines is 1. The SMILES string of the molecule is Cc1cc(Nc2ncnc3[nH]ccc23)c(=O)n2c1C(=O)NC1(C)CCCCN21. The van der Waals surface area contributed by atoms with E-state index in [1.807, 2.05) is 24.9 Å². The fraction of sp³-hybridized carbons (Fsp3) is 0.368. The molecule has 9 nitrogen and oxygen atoms in total. The van der Waals surface area contributed by atoms with Crippen LogP contribution in [0.4, 0.5) is 11.5 Å². The van der Waals surface area contributed by atoms with Gasteiger partial charge in [0.15, 0.2) is 0 Å². The summed E-state index contributed by atoms with van der Waals surface area (Å²) in [6, 6.07) is 3.57. The number of aryl methyl sites for hydroxylation is 1. The number of rotatable bonds is 2. The first kappa shape index (κ1) is 16.8. The van der Waals surface area contributed by atoms with E-state index in [4.69, 9.17) is 0 Å². The van der Waals surface area contributed by atoms with E-state index in [0.29, 0.717) is 29.4 Å². The maximum Gasteiger partial charge on any atom is 0.293 e. The van der Waals surface area contributed by atoms with E-state index in [9.17, 15) is 9.59 Å². The average Bonchev–Trinajstić information content (AvgIpc) is 3.14. The lowest BCUT2D eigenvalue weighted by molar-refractivity contribution is 0.0798. The molecule has 28 heavy (non-hydrogen) atoms. The van der Waals surface area contributed by atoms with Gasteiger partial charge >= 0.3 is 0 Å². The van der Waals surface area contributed by atoms with Gasteiger partial charge in [0.05, 0.1) is 5.39 Å². The van der Waals surface area contributed by atoms with Crippen molar-refractivity contribution in [3.63, 3.8) is 0 Å². The number of nitrogens with one attached hydrogen (secondary N) is 3. The number of amides is 1. The molecule has 1 amide bonds. The summed E-state index contributed by atoms with van der Waals surface area (Å²) in [4.78, 5) is 37.7. The number of hydrogen-bond donors (Lipinski definition) is 3. The molecule has 2 aliphatic rings. The van der Waals surface area contributed by atoms with Gasteiger partial charge in [0.25, 0.3) is 11.5 Å². The topological polar surface area (TPSA) is 108 Å².